The lowest BCUT2D eigenvalue weighted by Gasteiger charge is -2.36. The summed E-state index contributed by atoms with van der Waals surface area (Å²) in [5, 5.41) is 3.01. The molecule has 2 aliphatic rings. The molecule has 2 aromatic rings. The third-order valence-corrected chi connectivity index (χ3v) is 6.20. The summed E-state index contributed by atoms with van der Waals surface area (Å²) in [6.07, 6.45) is 3.33. The Morgan fingerprint density at radius 1 is 1.04 bits per heavy atom. The molecule has 0 aliphatic carbocycles. The number of urea groups is 1. The van der Waals surface area contributed by atoms with Crippen LogP contribution in [0.5, 0.6) is 0 Å². The zero-order valence-electron chi connectivity index (χ0n) is 15.5. The molecule has 0 saturated carbocycles. The molecule has 0 unspecified atom stereocenters. The molecule has 142 valence electrons. The number of nitrogens with zero attached hydrogens (tertiary/aromatic N) is 2. The van der Waals surface area contributed by atoms with Crippen molar-refractivity contribution in [2.45, 2.75) is 25.8 Å². The minimum Gasteiger partial charge on any atom is -0.325 e. The largest absolute Gasteiger partial charge is 0.325 e. The summed E-state index contributed by atoms with van der Waals surface area (Å²) in [6.45, 7) is 5.06. The average Bonchev–Trinajstić information content (AvgIpc) is 2.68. The van der Waals surface area contributed by atoms with Crippen LogP contribution in [0.2, 0.25) is 0 Å². The first-order chi connectivity index (χ1) is 13.2. The number of nitrogens with one attached hydrogen (secondary N) is 1. The zero-order chi connectivity index (χ0) is 18.6. The molecule has 0 atom stereocenters. The summed E-state index contributed by atoms with van der Waals surface area (Å²) in [4.78, 5) is 17.0. The quantitative estimate of drug-likeness (QED) is 0.766. The number of halogens is 1. The maximum Gasteiger partial charge on any atom is 0.321 e. The van der Waals surface area contributed by atoms with Crippen molar-refractivity contribution in [2.24, 2.45) is 5.92 Å². The molecular weight excluding hydrogens is 402 g/mol. The summed E-state index contributed by atoms with van der Waals surface area (Å²) in [5.74, 6) is 0.685. The maximum absolute atomic E-state index is 12.5. The first-order valence-corrected chi connectivity index (χ1v) is 10.6. The Hall–Kier alpha value is -1.85. The van der Waals surface area contributed by atoms with Crippen LogP contribution in [0.25, 0.3) is 0 Å². The van der Waals surface area contributed by atoms with Gasteiger partial charge in [0, 0.05) is 42.9 Å². The van der Waals surface area contributed by atoms with Crippen molar-refractivity contribution in [3.8, 4) is 0 Å². The van der Waals surface area contributed by atoms with E-state index in [0.29, 0.717) is 5.92 Å². The highest BCUT2D eigenvalue weighted by atomic mass is 79.9. The van der Waals surface area contributed by atoms with E-state index in [4.69, 9.17) is 0 Å². The Labute approximate surface area is 169 Å². The molecule has 5 heteroatoms. The molecule has 1 fully saturated rings. The number of hydrogen-bond donors (Lipinski definition) is 1. The second-order valence-electron chi connectivity index (χ2n) is 7.62. The van der Waals surface area contributed by atoms with Crippen LogP contribution in [0, 0.1) is 5.92 Å². The topological polar surface area (TPSA) is 35.6 Å². The molecule has 0 radical (unpaired) electrons. The molecule has 2 aromatic carbocycles. The highest BCUT2D eigenvalue weighted by molar-refractivity contribution is 9.10. The number of amides is 2. The van der Waals surface area contributed by atoms with Gasteiger partial charge >= 0.3 is 6.03 Å². The monoisotopic (exact) mass is 427 g/mol. The van der Waals surface area contributed by atoms with Crippen LogP contribution in [0.1, 0.15) is 24.0 Å². The van der Waals surface area contributed by atoms with Crippen LogP contribution < -0.4 is 5.32 Å². The van der Waals surface area contributed by atoms with Crippen LogP contribution in [-0.4, -0.2) is 42.0 Å². The van der Waals surface area contributed by atoms with E-state index < -0.39 is 0 Å². The predicted molar refractivity (Wildman–Crippen MR) is 113 cm³/mol. The lowest BCUT2D eigenvalue weighted by molar-refractivity contribution is 0.147. The molecule has 4 rings (SSSR count). The van der Waals surface area contributed by atoms with Gasteiger partial charge in [-0.2, -0.15) is 0 Å². The van der Waals surface area contributed by atoms with Gasteiger partial charge in [0.2, 0.25) is 0 Å². The molecule has 2 amide bonds. The Morgan fingerprint density at radius 2 is 1.81 bits per heavy atom. The molecular formula is C22H26BrN3O. The number of rotatable bonds is 3. The molecule has 2 aliphatic heterocycles. The van der Waals surface area contributed by atoms with Gasteiger partial charge in [-0.25, -0.2) is 4.79 Å². The Morgan fingerprint density at radius 3 is 2.59 bits per heavy atom. The molecule has 0 bridgehead atoms. The van der Waals surface area contributed by atoms with E-state index in [1.54, 1.807) is 0 Å². The fourth-order valence-corrected chi connectivity index (χ4v) is 4.56. The number of piperidine rings is 1. The minimum atomic E-state index is 0.0125. The van der Waals surface area contributed by atoms with Crippen molar-refractivity contribution < 1.29 is 4.79 Å². The molecule has 1 saturated heterocycles. The molecule has 4 nitrogen and oxygen atoms in total. The first kappa shape index (κ1) is 18.5. The summed E-state index contributed by atoms with van der Waals surface area (Å²) < 4.78 is 0.974. The molecule has 2 heterocycles. The maximum atomic E-state index is 12.5. The van der Waals surface area contributed by atoms with E-state index in [9.17, 15) is 4.79 Å². The van der Waals surface area contributed by atoms with Crippen LogP contribution in [-0.2, 0) is 13.0 Å². The van der Waals surface area contributed by atoms with Gasteiger partial charge in [0.1, 0.15) is 0 Å². The molecule has 0 spiro atoms. The van der Waals surface area contributed by atoms with Gasteiger partial charge in [-0.3, -0.25) is 4.90 Å². The van der Waals surface area contributed by atoms with E-state index in [1.807, 2.05) is 29.2 Å². The number of hydrogen-bond acceptors (Lipinski definition) is 2. The van der Waals surface area contributed by atoms with Gasteiger partial charge in [-0.1, -0.05) is 46.3 Å². The lowest BCUT2D eigenvalue weighted by atomic mass is 9.94. The second kappa shape index (κ2) is 8.44. The van der Waals surface area contributed by atoms with Crippen molar-refractivity contribution in [2.75, 3.05) is 31.5 Å². The second-order valence-corrected chi connectivity index (χ2v) is 8.54. The summed E-state index contributed by atoms with van der Waals surface area (Å²) in [6, 6.07) is 16.6. The van der Waals surface area contributed by atoms with Crippen LogP contribution in [0.3, 0.4) is 0 Å². The number of likely N-dealkylation sites (tertiary alicyclic amines) is 1. The zero-order valence-corrected chi connectivity index (χ0v) is 17.1. The van der Waals surface area contributed by atoms with Gasteiger partial charge < -0.3 is 10.2 Å². The highest BCUT2D eigenvalue weighted by Gasteiger charge is 2.25. The van der Waals surface area contributed by atoms with E-state index in [0.717, 1.165) is 62.1 Å². The number of fused-ring (bicyclic) bond motifs is 1. The average molecular weight is 428 g/mol. The van der Waals surface area contributed by atoms with E-state index in [-0.39, 0.29) is 6.03 Å². The smallest absolute Gasteiger partial charge is 0.321 e. The third-order valence-electron chi connectivity index (χ3n) is 5.70. The van der Waals surface area contributed by atoms with Crippen molar-refractivity contribution in [1.29, 1.82) is 0 Å². The van der Waals surface area contributed by atoms with Crippen molar-refractivity contribution in [3.05, 3.63) is 64.1 Å². The Bertz CT molecular complexity index is 802. The third kappa shape index (κ3) is 4.71. The van der Waals surface area contributed by atoms with Gasteiger partial charge in [0.05, 0.1) is 0 Å². The van der Waals surface area contributed by atoms with Crippen LogP contribution >= 0.6 is 15.9 Å². The summed E-state index contributed by atoms with van der Waals surface area (Å²) in [7, 11) is 0. The van der Waals surface area contributed by atoms with Gasteiger partial charge in [-0.15, -0.1) is 0 Å². The lowest BCUT2D eigenvalue weighted by Crippen LogP contribution is -2.44. The van der Waals surface area contributed by atoms with Gasteiger partial charge in [0.15, 0.2) is 0 Å². The minimum absolute atomic E-state index is 0.0125. The van der Waals surface area contributed by atoms with E-state index in [1.165, 1.54) is 11.1 Å². The summed E-state index contributed by atoms with van der Waals surface area (Å²) in [5.41, 5.74) is 3.82. The molecule has 0 aromatic heterocycles. The number of benzene rings is 2. The normalized spacial score (nSPS) is 18.2. The predicted octanol–water partition coefficient (Wildman–Crippen LogP) is 4.75. The molecule has 27 heavy (non-hydrogen) atoms. The molecule has 1 N–H and O–H groups in total. The fourth-order valence-electron chi connectivity index (χ4n) is 4.16. The SMILES string of the molecule is O=C(Nc1cccc(Br)c1)N1CCC(CN2CCc3ccccc3C2)CC1. The Kier molecular flexibility index (Phi) is 5.79. The number of anilines is 1. The standard InChI is InChI=1S/C22H26BrN3O/c23-20-6-3-7-21(14-20)24-22(27)26-12-8-17(9-13-26)15-25-11-10-18-4-1-2-5-19(18)16-25/h1-7,14,17H,8-13,15-16H2,(H,24,27). The van der Waals surface area contributed by atoms with Crippen molar-refractivity contribution >= 4 is 27.6 Å². The Balaban J connectivity index is 1.25. The van der Waals surface area contributed by atoms with E-state index >= 15 is 0 Å². The first-order valence-electron chi connectivity index (χ1n) is 9.78. The number of carbonyl (C=O) groups excluding carboxylic acids is 1. The summed E-state index contributed by atoms with van der Waals surface area (Å²) >= 11 is 3.44. The van der Waals surface area contributed by atoms with Crippen LogP contribution in [0.4, 0.5) is 10.5 Å². The highest BCUT2D eigenvalue weighted by Crippen LogP contribution is 2.24. The van der Waals surface area contributed by atoms with Crippen molar-refractivity contribution in [1.82, 2.24) is 9.80 Å². The number of carbonyl (C=O) groups is 1. The fraction of sp³-hybridized carbons (Fsp3) is 0.409. The van der Waals surface area contributed by atoms with Gasteiger partial charge in [-0.05, 0) is 54.5 Å². The van der Waals surface area contributed by atoms with Gasteiger partial charge in [0.25, 0.3) is 0 Å². The van der Waals surface area contributed by atoms with Crippen molar-refractivity contribution in [3.63, 3.8) is 0 Å². The van der Waals surface area contributed by atoms with E-state index in [2.05, 4.69) is 50.4 Å². The van der Waals surface area contributed by atoms with Crippen LogP contribution in [0.15, 0.2) is 53.0 Å².